The van der Waals surface area contributed by atoms with Crippen molar-refractivity contribution in [3.63, 3.8) is 0 Å². The predicted octanol–water partition coefficient (Wildman–Crippen LogP) is 6.88. The maximum absolute atomic E-state index is 11.4. The molecule has 0 spiro atoms. The quantitative estimate of drug-likeness (QED) is 0.160. The molecular weight excluding hydrogens is 532 g/mol. The first-order valence-electron chi connectivity index (χ1n) is 12.1. The van der Waals surface area contributed by atoms with E-state index in [0.717, 1.165) is 23.3 Å². The Morgan fingerprint density at radius 2 is 0.780 bits per heavy atom. The molecule has 0 heterocycles. The zero-order chi connectivity index (χ0) is 29.9. The van der Waals surface area contributed by atoms with Gasteiger partial charge in [-0.3, -0.25) is 0 Å². The summed E-state index contributed by atoms with van der Waals surface area (Å²) in [4.78, 5) is 45.4. The maximum atomic E-state index is 11.4. The molecule has 0 aromatic heterocycles. The first kappa shape index (κ1) is 28.4. The van der Waals surface area contributed by atoms with Crippen LogP contribution < -0.4 is 9.47 Å². The number of carboxylic acid groups (broad SMARTS) is 4. The minimum atomic E-state index is -1.37. The van der Waals surface area contributed by atoms with Crippen LogP contribution in [-0.2, 0) is 5.41 Å². The largest absolute Gasteiger partial charge is 0.478 e. The highest BCUT2D eigenvalue weighted by atomic mass is 16.5. The fraction of sp³-hybridized carbons (Fsp3) is 0.0968. The monoisotopic (exact) mass is 560 g/mol. The van der Waals surface area contributed by atoms with Crippen LogP contribution in [0, 0.1) is 0 Å². The molecule has 0 amide bonds. The van der Waals surface area contributed by atoms with Crippen molar-refractivity contribution in [1.29, 1.82) is 0 Å². The van der Waals surface area contributed by atoms with Gasteiger partial charge < -0.3 is 29.9 Å². The number of rotatable bonds is 10. The first-order chi connectivity index (χ1) is 19.4. The standard InChI is InChI=1S/C31H24O10.2H2/c1-31(2,17-3-7-19(8-4-17)40-21-11-13-23(27(32)33)25(15-21)29(36)37)18-5-9-20(10-6-18)41-22-12-14-24(28(34)35)26(16-22)30(38)39;;/h3-16H,1-2H3,(H,32,33)(H,34,35)(H,36,37)(H,38,39);2*1H. The van der Waals surface area contributed by atoms with Crippen molar-refractivity contribution >= 4 is 23.9 Å². The average Bonchev–Trinajstić information content (AvgIpc) is 2.93. The van der Waals surface area contributed by atoms with Gasteiger partial charge in [-0.05, 0) is 71.8 Å². The molecule has 4 rings (SSSR count). The van der Waals surface area contributed by atoms with Gasteiger partial charge in [0.2, 0.25) is 0 Å². The van der Waals surface area contributed by atoms with Gasteiger partial charge in [0, 0.05) is 8.27 Å². The summed E-state index contributed by atoms with van der Waals surface area (Å²) in [5.41, 5.74) is 0.0252. The molecule has 10 heteroatoms. The number of hydrogen-bond donors (Lipinski definition) is 4. The Hall–Kier alpha value is -5.64. The predicted molar refractivity (Wildman–Crippen MR) is 150 cm³/mol. The lowest BCUT2D eigenvalue weighted by Crippen LogP contribution is -2.18. The molecule has 4 aromatic carbocycles. The summed E-state index contributed by atoms with van der Waals surface area (Å²) < 4.78 is 11.5. The fourth-order valence-corrected chi connectivity index (χ4v) is 4.22. The van der Waals surface area contributed by atoms with E-state index in [2.05, 4.69) is 0 Å². The van der Waals surface area contributed by atoms with Crippen molar-refractivity contribution in [3.8, 4) is 23.0 Å². The third-order valence-corrected chi connectivity index (χ3v) is 6.53. The zero-order valence-electron chi connectivity index (χ0n) is 21.8. The van der Waals surface area contributed by atoms with Gasteiger partial charge in [0.1, 0.15) is 23.0 Å². The summed E-state index contributed by atoms with van der Waals surface area (Å²) in [5, 5.41) is 37.0. The minimum Gasteiger partial charge on any atom is -0.478 e. The van der Waals surface area contributed by atoms with Crippen molar-refractivity contribution in [2.75, 3.05) is 0 Å². The van der Waals surface area contributed by atoms with E-state index in [1.807, 2.05) is 38.1 Å². The SMILES string of the molecule is CC(C)(c1ccc(Oc2ccc(C(=O)O)c(C(=O)O)c2)cc1)c1ccc(Oc2ccc(C(=O)O)c(C(=O)O)c2)cc1.[HH].[HH]. The summed E-state index contributed by atoms with van der Waals surface area (Å²) in [6, 6.07) is 21.8. The maximum Gasteiger partial charge on any atom is 0.336 e. The second-order valence-electron chi connectivity index (χ2n) is 9.51. The number of ether oxygens (including phenoxy) is 2. The summed E-state index contributed by atoms with van der Waals surface area (Å²) in [6.07, 6.45) is 0. The van der Waals surface area contributed by atoms with E-state index >= 15 is 0 Å². The van der Waals surface area contributed by atoms with Gasteiger partial charge >= 0.3 is 23.9 Å². The highest BCUT2D eigenvalue weighted by Crippen LogP contribution is 2.35. The third kappa shape index (κ3) is 6.17. The molecule has 41 heavy (non-hydrogen) atoms. The second-order valence-corrected chi connectivity index (χ2v) is 9.51. The van der Waals surface area contributed by atoms with E-state index in [4.69, 9.17) is 9.47 Å². The number of carbonyl (C=O) groups is 4. The van der Waals surface area contributed by atoms with E-state index in [9.17, 15) is 39.6 Å². The van der Waals surface area contributed by atoms with Crippen LogP contribution in [0.25, 0.3) is 0 Å². The third-order valence-electron chi connectivity index (χ3n) is 6.53. The number of hydrogen-bond acceptors (Lipinski definition) is 6. The molecule has 0 aliphatic rings. The van der Waals surface area contributed by atoms with Crippen LogP contribution in [0.4, 0.5) is 0 Å². The summed E-state index contributed by atoms with van der Waals surface area (Å²) in [7, 11) is 0. The summed E-state index contributed by atoms with van der Waals surface area (Å²) in [5.74, 6) is -4.20. The van der Waals surface area contributed by atoms with Crippen LogP contribution in [-0.4, -0.2) is 44.3 Å². The van der Waals surface area contributed by atoms with Crippen LogP contribution in [0.5, 0.6) is 23.0 Å². The van der Waals surface area contributed by atoms with Crippen LogP contribution in [0.15, 0.2) is 84.9 Å². The van der Waals surface area contributed by atoms with Crippen LogP contribution in [0.1, 0.15) is 69.3 Å². The van der Waals surface area contributed by atoms with Crippen LogP contribution in [0.3, 0.4) is 0 Å². The van der Waals surface area contributed by atoms with E-state index < -0.39 is 29.3 Å². The molecule has 0 radical (unpaired) electrons. The molecule has 0 bridgehead atoms. The Labute approximate surface area is 236 Å². The van der Waals surface area contributed by atoms with Gasteiger partial charge in [-0.2, -0.15) is 0 Å². The average molecular weight is 561 g/mol. The molecule has 4 N–H and O–H groups in total. The Morgan fingerprint density at radius 1 is 0.488 bits per heavy atom. The smallest absolute Gasteiger partial charge is 0.336 e. The Kier molecular flexibility index (Phi) is 7.77. The fourth-order valence-electron chi connectivity index (χ4n) is 4.22. The molecule has 0 aliphatic carbocycles. The number of carboxylic acids is 4. The highest BCUT2D eigenvalue weighted by Gasteiger charge is 2.24. The van der Waals surface area contributed by atoms with Gasteiger partial charge in [-0.15, -0.1) is 0 Å². The van der Waals surface area contributed by atoms with E-state index in [-0.39, 0.29) is 36.6 Å². The lowest BCUT2D eigenvalue weighted by atomic mass is 9.78. The molecular formula is C31H28O10. The zero-order valence-corrected chi connectivity index (χ0v) is 21.8. The van der Waals surface area contributed by atoms with Gasteiger partial charge in [0.15, 0.2) is 0 Å². The van der Waals surface area contributed by atoms with Gasteiger partial charge in [-0.1, -0.05) is 38.1 Å². The van der Waals surface area contributed by atoms with Crippen molar-refractivity contribution in [2.45, 2.75) is 19.3 Å². The van der Waals surface area contributed by atoms with Crippen LogP contribution >= 0.6 is 0 Å². The van der Waals surface area contributed by atoms with E-state index in [0.29, 0.717) is 11.5 Å². The van der Waals surface area contributed by atoms with Gasteiger partial charge in [-0.25, -0.2) is 19.2 Å². The van der Waals surface area contributed by atoms with Crippen LogP contribution in [0.2, 0.25) is 0 Å². The molecule has 0 saturated heterocycles. The molecule has 0 atom stereocenters. The summed E-state index contributed by atoms with van der Waals surface area (Å²) >= 11 is 0. The molecule has 0 aliphatic heterocycles. The van der Waals surface area contributed by atoms with Crippen molar-refractivity contribution in [3.05, 3.63) is 118 Å². The van der Waals surface area contributed by atoms with E-state index in [1.54, 1.807) is 24.3 Å². The van der Waals surface area contributed by atoms with Crippen molar-refractivity contribution in [2.24, 2.45) is 0 Å². The Morgan fingerprint density at radius 3 is 1.07 bits per heavy atom. The van der Waals surface area contributed by atoms with Gasteiger partial charge in [0.25, 0.3) is 0 Å². The first-order valence-corrected chi connectivity index (χ1v) is 12.1. The Balaban J connectivity index is 0.00000323. The molecule has 0 unspecified atom stereocenters. The molecule has 10 nitrogen and oxygen atoms in total. The number of aromatic carboxylic acids is 4. The second kappa shape index (κ2) is 11.2. The molecule has 4 aromatic rings. The highest BCUT2D eigenvalue weighted by molar-refractivity contribution is 6.02. The number of benzene rings is 4. The van der Waals surface area contributed by atoms with Gasteiger partial charge in [0.05, 0.1) is 22.3 Å². The molecule has 0 saturated carbocycles. The minimum absolute atomic E-state index is 0. The molecule has 212 valence electrons. The molecule has 0 fully saturated rings. The Bertz CT molecular complexity index is 1540. The topological polar surface area (TPSA) is 168 Å². The normalized spacial score (nSPS) is 11.0. The van der Waals surface area contributed by atoms with Crippen molar-refractivity contribution < 1.29 is 51.9 Å². The van der Waals surface area contributed by atoms with E-state index in [1.165, 1.54) is 24.3 Å². The van der Waals surface area contributed by atoms with Crippen molar-refractivity contribution in [1.82, 2.24) is 0 Å². The lowest BCUT2D eigenvalue weighted by Gasteiger charge is -2.26. The lowest BCUT2D eigenvalue weighted by molar-refractivity contribution is 0.0651. The summed E-state index contributed by atoms with van der Waals surface area (Å²) in [6.45, 7) is 4.04.